The van der Waals surface area contributed by atoms with Crippen LogP contribution >= 0.6 is 0 Å². The normalized spacial score (nSPS) is 28.4. The smallest absolute Gasteiger partial charge is 0.204 e. The molecule has 3 atom stereocenters. The summed E-state index contributed by atoms with van der Waals surface area (Å²) in [7, 11) is 2.19. The number of benzene rings is 1. The minimum Gasteiger partial charge on any atom is -0.381 e. The van der Waals surface area contributed by atoms with E-state index < -0.39 is 22.3 Å². The maximum absolute atomic E-state index is 13.7. The summed E-state index contributed by atoms with van der Waals surface area (Å²) in [5, 5.41) is 3.05. The number of anilines is 1. The Morgan fingerprint density at radius 2 is 2.14 bits per heavy atom. The van der Waals surface area contributed by atoms with Crippen molar-refractivity contribution < 1.29 is 13.3 Å². The molecule has 1 aromatic carbocycles. The lowest BCUT2D eigenvalue weighted by molar-refractivity contribution is -0.0110. The largest absolute Gasteiger partial charge is 0.381 e. The van der Waals surface area contributed by atoms with E-state index in [0.717, 1.165) is 37.2 Å². The molecule has 0 radical (unpaired) electrons. The fourth-order valence-electron chi connectivity index (χ4n) is 5.63. The molecule has 3 aliphatic rings. The number of pyridine rings is 1. The number of nitrogens with zero attached hydrogens (tertiary/aromatic N) is 4. The zero-order valence-electron chi connectivity index (χ0n) is 21.6. The van der Waals surface area contributed by atoms with Gasteiger partial charge in [-0.3, -0.25) is 9.29 Å². The average Bonchev–Trinajstić information content (AvgIpc) is 2.86. The monoisotopic (exact) mass is 526 g/mol. The number of nitrogens with one attached hydrogen (secondary N) is 1. The molecule has 1 unspecified atom stereocenters. The highest BCUT2D eigenvalue weighted by atomic mass is 32.2. The van der Waals surface area contributed by atoms with Crippen molar-refractivity contribution in [3.8, 4) is 0 Å². The van der Waals surface area contributed by atoms with Gasteiger partial charge in [-0.2, -0.15) is 0 Å². The van der Waals surface area contributed by atoms with E-state index in [2.05, 4.69) is 34.8 Å². The average molecular weight is 527 g/mol. The van der Waals surface area contributed by atoms with Gasteiger partial charge in [-0.15, -0.1) is 0 Å². The van der Waals surface area contributed by atoms with Crippen molar-refractivity contribution in [1.29, 1.82) is 0 Å². The lowest BCUT2D eigenvalue weighted by atomic mass is 9.68. The minimum absolute atomic E-state index is 0.229. The maximum atomic E-state index is 13.7. The lowest BCUT2D eigenvalue weighted by Gasteiger charge is -2.51. The van der Waals surface area contributed by atoms with Crippen LogP contribution in [0, 0.1) is 11.7 Å². The van der Waals surface area contributed by atoms with Crippen LogP contribution in [-0.2, 0) is 27.7 Å². The van der Waals surface area contributed by atoms with Crippen LogP contribution < -0.4 is 11.1 Å². The summed E-state index contributed by atoms with van der Waals surface area (Å²) >= 11 is 0. The van der Waals surface area contributed by atoms with Crippen LogP contribution in [0.25, 0.3) is 5.70 Å². The number of guanidine groups is 1. The zero-order valence-corrected chi connectivity index (χ0v) is 22.4. The van der Waals surface area contributed by atoms with E-state index in [1.165, 1.54) is 17.8 Å². The number of methoxy groups -OCH3 is 1. The Hall–Kier alpha value is -2.82. The minimum atomic E-state index is -1.33. The van der Waals surface area contributed by atoms with Gasteiger partial charge in [0.05, 0.1) is 28.9 Å². The molecule has 1 fully saturated rings. The van der Waals surface area contributed by atoms with E-state index in [9.17, 15) is 8.60 Å². The third kappa shape index (κ3) is 4.78. The standard InChI is InChI=1S/C27H35FN6O2S/c1-5-34(15-18-10-22(11-18)36-4)16-25-27(32-26(29)33(3)37(25)35)13-19-6-8-21(12-23(19)27)31-17(2)24-9-7-20(28)14-30-24/h6-9,12,14,18,22,25,31H,2,5,10-11,13,15-16H2,1,3-4H3,(H2,29,32)/t18?,22?,25-,27+,37?/m0/s1. The number of rotatable bonds is 9. The molecule has 1 aromatic heterocycles. The van der Waals surface area contributed by atoms with Crippen LogP contribution in [0.1, 0.15) is 36.6 Å². The van der Waals surface area contributed by atoms with Crippen molar-refractivity contribution in [3.05, 3.63) is 65.7 Å². The first-order valence-electron chi connectivity index (χ1n) is 12.7. The highest BCUT2D eigenvalue weighted by molar-refractivity contribution is 7.84. The molecule has 0 amide bonds. The highest BCUT2D eigenvalue weighted by Crippen LogP contribution is 2.50. The van der Waals surface area contributed by atoms with Crippen LogP contribution in [0.2, 0.25) is 0 Å². The molecule has 0 bridgehead atoms. The number of aliphatic imine (C=N–C) groups is 1. The Kier molecular flexibility index (Phi) is 7.08. The Bertz CT molecular complexity index is 1230. The van der Waals surface area contributed by atoms with Crippen LogP contribution in [0.5, 0.6) is 0 Å². The predicted octanol–water partition coefficient (Wildman–Crippen LogP) is 3.09. The summed E-state index contributed by atoms with van der Waals surface area (Å²) < 4.78 is 34.0. The van der Waals surface area contributed by atoms with E-state index in [1.807, 2.05) is 12.1 Å². The van der Waals surface area contributed by atoms with Gasteiger partial charge < -0.3 is 20.7 Å². The molecular formula is C27H35FN6O2S. The predicted molar refractivity (Wildman–Crippen MR) is 146 cm³/mol. The lowest BCUT2D eigenvalue weighted by Crippen LogP contribution is -2.62. The highest BCUT2D eigenvalue weighted by Gasteiger charge is 2.55. The van der Waals surface area contributed by atoms with Gasteiger partial charge in [-0.05, 0) is 60.7 Å². The summed E-state index contributed by atoms with van der Waals surface area (Å²) in [6.45, 7) is 8.72. The van der Waals surface area contributed by atoms with Crippen LogP contribution in [0.15, 0.2) is 48.1 Å². The van der Waals surface area contributed by atoms with Crippen molar-refractivity contribution in [1.82, 2.24) is 14.2 Å². The molecule has 3 N–H and O–H groups in total. The summed E-state index contributed by atoms with van der Waals surface area (Å²) in [6.07, 6.45) is 4.37. The van der Waals surface area contributed by atoms with Gasteiger partial charge in [0.1, 0.15) is 22.3 Å². The molecule has 1 aliphatic heterocycles. The molecular weight excluding hydrogens is 491 g/mol. The molecule has 198 valence electrons. The Morgan fingerprint density at radius 3 is 2.81 bits per heavy atom. The number of aromatic nitrogens is 1. The second-order valence-electron chi connectivity index (χ2n) is 10.2. The third-order valence-corrected chi connectivity index (χ3v) is 9.72. The molecule has 2 heterocycles. The molecule has 2 aromatic rings. The topological polar surface area (TPSA) is 96.1 Å². The molecule has 10 heteroatoms. The molecule has 1 spiro atoms. The van der Waals surface area contributed by atoms with Crippen molar-refractivity contribution in [3.63, 3.8) is 0 Å². The van der Waals surface area contributed by atoms with E-state index >= 15 is 0 Å². The maximum Gasteiger partial charge on any atom is 0.204 e. The first kappa shape index (κ1) is 25.8. The fourth-order valence-corrected chi connectivity index (χ4v) is 7.17. The van der Waals surface area contributed by atoms with Gasteiger partial charge in [-0.25, -0.2) is 13.6 Å². The van der Waals surface area contributed by atoms with Crippen molar-refractivity contribution in [2.75, 3.05) is 39.1 Å². The van der Waals surface area contributed by atoms with Crippen LogP contribution in [0.3, 0.4) is 0 Å². The number of ether oxygens (including phenoxy) is 1. The summed E-state index contributed by atoms with van der Waals surface area (Å²) in [4.78, 5) is 11.5. The molecule has 0 saturated heterocycles. The summed E-state index contributed by atoms with van der Waals surface area (Å²) in [6, 6.07) is 9.04. The molecule has 2 aliphatic carbocycles. The Morgan fingerprint density at radius 1 is 1.35 bits per heavy atom. The van der Waals surface area contributed by atoms with Crippen LogP contribution in [0.4, 0.5) is 10.1 Å². The number of hydrogen-bond donors (Lipinski definition) is 2. The van der Waals surface area contributed by atoms with Gasteiger partial charge in [0.15, 0.2) is 0 Å². The Labute approximate surface area is 220 Å². The number of nitrogens with two attached hydrogens (primary N) is 1. The molecule has 8 nitrogen and oxygen atoms in total. The van der Waals surface area contributed by atoms with E-state index in [0.29, 0.717) is 42.3 Å². The van der Waals surface area contributed by atoms with Crippen LogP contribution in [-0.4, -0.2) is 69.5 Å². The first-order valence-corrected chi connectivity index (χ1v) is 13.9. The second kappa shape index (κ2) is 10.2. The van der Waals surface area contributed by atoms with Gasteiger partial charge in [-0.1, -0.05) is 19.6 Å². The van der Waals surface area contributed by atoms with Crippen molar-refractivity contribution in [2.24, 2.45) is 16.6 Å². The van der Waals surface area contributed by atoms with Gasteiger partial charge in [0, 0.05) is 39.4 Å². The van der Waals surface area contributed by atoms with E-state index in [4.69, 9.17) is 15.5 Å². The number of hydrogen-bond acceptors (Lipinski definition) is 7. The molecule has 5 rings (SSSR count). The van der Waals surface area contributed by atoms with E-state index in [-0.39, 0.29) is 5.25 Å². The third-order valence-electron chi connectivity index (χ3n) is 7.96. The summed E-state index contributed by atoms with van der Waals surface area (Å²) in [5.74, 6) is 0.497. The number of fused-ring (bicyclic) bond motifs is 2. The second-order valence-corrected chi connectivity index (χ2v) is 11.9. The quantitative estimate of drug-likeness (QED) is 0.521. The fraction of sp³-hybridized carbons (Fsp3) is 0.481. The first-order chi connectivity index (χ1) is 17.7. The zero-order chi connectivity index (χ0) is 26.3. The summed E-state index contributed by atoms with van der Waals surface area (Å²) in [5.41, 5.74) is 9.77. The van der Waals surface area contributed by atoms with Crippen molar-refractivity contribution >= 4 is 28.3 Å². The molecule has 1 saturated carbocycles. The van der Waals surface area contributed by atoms with E-state index in [1.54, 1.807) is 24.5 Å². The van der Waals surface area contributed by atoms with Crippen molar-refractivity contribution in [2.45, 2.75) is 43.1 Å². The Balaban J connectivity index is 1.39. The molecule has 37 heavy (non-hydrogen) atoms. The SMILES string of the molecule is C=C(Nc1ccc2c(c1)[C@@]1(C2)N=C(N)N(C)S(=O)[C@H]1CN(CC)CC1CC(OC)C1)c1ccc(F)cn1. The van der Waals surface area contributed by atoms with Gasteiger partial charge in [0.2, 0.25) is 5.96 Å². The number of halogens is 1. The van der Waals surface area contributed by atoms with Gasteiger partial charge >= 0.3 is 0 Å². The van der Waals surface area contributed by atoms with Gasteiger partial charge in [0.25, 0.3) is 0 Å².